The van der Waals surface area contributed by atoms with Crippen LogP contribution in [0.25, 0.3) is 0 Å². The van der Waals surface area contributed by atoms with Gasteiger partial charge < -0.3 is 10.0 Å². The number of likely N-dealkylation sites (tertiary alicyclic amines) is 1. The second kappa shape index (κ2) is 5.15. The first kappa shape index (κ1) is 12.4. The molecule has 19 heavy (non-hydrogen) atoms. The predicted octanol–water partition coefficient (Wildman–Crippen LogP) is 2.58. The Kier molecular flexibility index (Phi) is 3.36. The molecule has 1 amide bonds. The first-order valence-corrected chi connectivity index (χ1v) is 7.19. The highest BCUT2D eigenvalue weighted by atomic mass is 32.1. The van der Waals surface area contributed by atoms with Crippen molar-refractivity contribution in [3.05, 3.63) is 58.3 Å². The predicted molar refractivity (Wildman–Crippen MR) is 74.7 cm³/mol. The second-order valence-electron chi connectivity index (χ2n) is 4.73. The minimum atomic E-state index is -0.865. The number of rotatable bonds is 3. The average molecular weight is 273 g/mol. The molecule has 1 N–H and O–H groups in total. The lowest BCUT2D eigenvalue weighted by Crippen LogP contribution is -2.30. The van der Waals surface area contributed by atoms with Gasteiger partial charge in [0.1, 0.15) is 6.10 Å². The van der Waals surface area contributed by atoms with E-state index >= 15 is 0 Å². The Labute approximate surface area is 116 Å². The van der Waals surface area contributed by atoms with Crippen LogP contribution in [0.3, 0.4) is 0 Å². The molecule has 0 aliphatic carbocycles. The van der Waals surface area contributed by atoms with Crippen molar-refractivity contribution in [1.29, 1.82) is 0 Å². The molecule has 0 spiro atoms. The van der Waals surface area contributed by atoms with Gasteiger partial charge in [0, 0.05) is 17.8 Å². The highest BCUT2D eigenvalue weighted by Crippen LogP contribution is 2.36. The fourth-order valence-electron chi connectivity index (χ4n) is 2.50. The topological polar surface area (TPSA) is 40.5 Å². The van der Waals surface area contributed by atoms with Crippen molar-refractivity contribution in [2.24, 2.45) is 0 Å². The Bertz CT molecular complexity index is 553. The van der Waals surface area contributed by atoms with Gasteiger partial charge in [-0.3, -0.25) is 4.79 Å². The molecule has 2 atom stereocenters. The molecular weight excluding hydrogens is 258 g/mol. The van der Waals surface area contributed by atoms with Crippen LogP contribution in [0.2, 0.25) is 0 Å². The first-order chi connectivity index (χ1) is 9.25. The molecule has 2 heterocycles. The third kappa shape index (κ3) is 2.41. The maximum absolute atomic E-state index is 12.1. The monoisotopic (exact) mass is 273 g/mol. The molecule has 98 valence electrons. The number of hydrogen-bond donors (Lipinski definition) is 1. The molecule has 1 aliphatic rings. The fraction of sp³-hybridized carbons (Fsp3) is 0.267. The Hall–Kier alpha value is -1.65. The van der Waals surface area contributed by atoms with E-state index < -0.39 is 6.10 Å². The molecular formula is C15H15NO2S. The van der Waals surface area contributed by atoms with Gasteiger partial charge >= 0.3 is 0 Å². The molecule has 1 fully saturated rings. The SMILES string of the molecule is O=C1[C@H](O)C[C@H](c2cccs2)N1Cc1ccccc1. The van der Waals surface area contributed by atoms with E-state index in [1.165, 1.54) is 0 Å². The van der Waals surface area contributed by atoms with E-state index in [0.717, 1.165) is 10.4 Å². The summed E-state index contributed by atoms with van der Waals surface area (Å²) in [6, 6.07) is 13.9. The number of nitrogens with zero attached hydrogens (tertiary/aromatic N) is 1. The minimum Gasteiger partial charge on any atom is -0.383 e. The normalized spacial score (nSPS) is 23.0. The number of carbonyl (C=O) groups is 1. The zero-order chi connectivity index (χ0) is 13.2. The van der Waals surface area contributed by atoms with Crippen molar-refractivity contribution < 1.29 is 9.90 Å². The highest BCUT2D eigenvalue weighted by molar-refractivity contribution is 7.10. The van der Waals surface area contributed by atoms with Gasteiger partial charge in [0.05, 0.1) is 6.04 Å². The lowest BCUT2D eigenvalue weighted by atomic mass is 10.1. The maximum Gasteiger partial charge on any atom is 0.252 e. The molecule has 1 saturated heterocycles. The van der Waals surface area contributed by atoms with E-state index in [-0.39, 0.29) is 11.9 Å². The molecule has 0 radical (unpaired) electrons. The number of thiophene rings is 1. The van der Waals surface area contributed by atoms with Gasteiger partial charge in [-0.1, -0.05) is 36.4 Å². The Morgan fingerprint density at radius 2 is 2.00 bits per heavy atom. The summed E-state index contributed by atoms with van der Waals surface area (Å²) in [4.78, 5) is 15.0. The summed E-state index contributed by atoms with van der Waals surface area (Å²) in [6.07, 6.45) is -0.373. The van der Waals surface area contributed by atoms with Gasteiger partial charge in [0.15, 0.2) is 0 Å². The molecule has 1 aromatic heterocycles. The van der Waals surface area contributed by atoms with Crippen molar-refractivity contribution in [3.63, 3.8) is 0 Å². The first-order valence-electron chi connectivity index (χ1n) is 6.31. The third-order valence-electron chi connectivity index (χ3n) is 3.46. The zero-order valence-electron chi connectivity index (χ0n) is 10.4. The van der Waals surface area contributed by atoms with Crippen molar-refractivity contribution in [1.82, 2.24) is 4.90 Å². The number of aliphatic hydroxyl groups is 1. The van der Waals surface area contributed by atoms with Gasteiger partial charge in [-0.2, -0.15) is 0 Å². The van der Waals surface area contributed by atoms with Crippen LogP contribution < -0.4 is 0 Å². The van der Waals surface area contributed by atoms with Crippen LogP contribution in [0.5, 0.6) is 0 Å². The van der Waals surface area contributed by atoms with Gasteiger partial charge in [0.25, 0.3) is 5.91 Å². The highest BCUT2D eigenvalue weighted by Gasteiger charge is 2.39. The maximum atomic E-state index is 12.1. The molecule has 4 heteroatoms. The number of hydrogen-bond acceptors (Lipinski definition) is 3. The van der Waals surface area contributed by atoms with Crippen molar-refractivity contribution in [3.8, 4) is 0 Å². The van der Waals surface area contributed by atoms with Crippen LogP contribution in [0.4, 0.5) is 0 Å². The molecule has 3 nitrogen and oxygen atoms in total. The van der Waals surface area contributed by atoms with Gasteiger partial charge in [0.2, 0.25) is 0 Å². The van der Waals surface area contributed by atoms with E-state index in [1.807, 2.05) is 47.8 Å². The van der Waals surface area contributed by atoms with Crippen molar-refractivity contribution in [2.75, 3.05) is 0 Å². The van der Waals surface area contributed by atoms with E-state index in [0.29, 0.717) is 13.0 Å². The van der Waals surface area contributed by atoms with Crippen LogP contribution >= 0.6 is 11.3 Å². The average Bonchev–Trinajstić information content (AvgIpc) is 3.04. The molecule has 1 aromatic carbocycles. The van der Waals surface area contributed by atoms with Crippen LogP contribution in [0.15, 0.2) is 47.8 Å². The summed E-state index contributed by atoms with van der Waals surface area (Å²) >= 11 is 1.63. The molecule has 1 aliphatic heterocycles. The largest absolute Gasteiger partial charge is 0.383 e. The third-order valence-corrected chi connectivity index (χ3v) is 4.43. The second-order valence-corrected chi connectivity index (χ2v) is 5.71. The lowest BCUT2D eigenvalue weighted by Gasteiger charge is -2.23. The van der Waals surface area contributed by atoms with E-state index in [4.69, 9.17) is 0 Å². The molecule has 3 rings (SSSR count). The van der Waals surface area contributed by atoms with Crippen molar-refractivity contribution in [2.45, 2.75) is 25.1 Å². The van der Waals surface area contributed by atoms with Crippen LogP contribution in [-0.2, 0) is 11.3 Å². The summed E-state index contributed by atoms with van der Waals surface area (Å²) in [6.45, 7) is 0.555. The smallest absolute Gasteiger partial charge is 0.252 e. The Morgan fingerprint density at radius 3 is 2.68 bits per heavy atom. The molecule has 2 aromatic rings. The summed E-state index contributed by atoms with van der Waals surface area (Å²) in [5.74, 6) is -0.165. The number of amides is 1. The molecule has 0 saturated carbocycles. The number of carbonyl (C=O) groups excluding carboxylic acids is 1. The summed E-state index contributed by atoms with van der Waals surface area (Å²) < 4.78 is 0. The van der Waals surface area contributed by atoms with Crippen molar-refractivity contribution >= 4 is 17.2 Å². The Balaban J connectivity index is 1.86. The molecule has 0 unspecified atom stereocenters. The van der Waals surface area contributed by atoms with Crippen LogP contribution in [-0.4, -0.2) is 22.0 Å². The van der Waals surface area contributed by atoms with Gasteiger partial charge in [-0.05, 0) is 17.0 Å². The van der Waals surface area contributed by atoms with E-state index in [9.17, 15) is 9.90 Å². The summed E-state index contributed by atoms with van der Waals surface area (Å²) in [5, 5.41) is 11.8. The standard InChI is InChI=1S/C15H15NO2S/c17-13-9-12(14-7-4-8-19-14)16(15(13)18)10-11-5-2-1-3-6-11/h1-8,12-13,17H,9-10H2/t12-,13-/m1/s1. The lowest BCUT2D eigenvalue weighted by molar-refractivity contribution is -0.135. The van der Waals surface area contributed by atoms with E-state index in [1.54, 1.807) is 16.2 Å². The number of aliphatic hydroxyl groups excluding tert-OH is 1. The Morgan fingerprint density at radius 1 is 1.21 bits per heavy atom. The van der Waals surface area contributed by atoms with Crippen LogP contribution in [0.1, 0.15) is 22.9 Å². The van der Waals surface area contributed by atoms with Crippen LogP contribution in [0, 0.1) is 0 Å². The summed E-state index contributed by atoms with van der Waals surface area (Å²) in [5.41, 5.74) is 1.09. The van der Waals surface area contributed by atoms with Gasteiger partial charge in [-0.25, -0.2) is 0 Å². The summed E-state index contributed by atoms with van der Waals surface area (Å²) in [7, 11) is 0. The van der Waals surface area contributed by atoms with E-state index in [2.05, 4.69) is 0 Å². The fourth-order valence-corrected chi connectivity index (χ4v) is 3.36. The molecule has 0 bridgehead atoms. The number of benzene rings is 1. The van der Waals surface area contributed by atoms with Gasteiger partial charge in [-0.15, -0.1) is 11.3 Å². The quantitative estimate of drug-likeness (QED) is 0.933. The minimum absolute atomic E-state index is 0.00251. The zero-order valence-corrected chi connectivity index (χ0v) is 11.2.